The average Bonchev–Trinajstić information content (AvgIpc) is 4.04. The Morgan fingerprint density at radius 1 is 0.833 bits per heavy atom. The van der Waals surface area contributed by atoms with Gasteiger partial charge >= 0.3 is 18.1 Å². The zero-order valence-electron chi connectivity index (χ0n) is 41.9. The van der Waals surface area contributed by atoms with Gasteiger partial charge in [0.2, 0.25) is 0 Å². The third-order valence-corrected chi connectivity index (χ3v) is 13.0. The maximum atomic E-state index is 15.7. The van der Waals surface area contributed by atoms with E-state index in [9.17, 15) is 33.5 Å². The van der Waals surface area contributed by atoms with Crippen molar-refractivity contribution in [2.75, 3.05) is 26.9 Å². The van der Waals surface area contributed by atoms with E-state index in [0.717, 1.165) is 17.7 Å². The fourth-order valence-electron chi connectivity index (χ4n) is 7.54. The van der Waals surface area contributed by atoms with Gasteiger partial charge in [0.25, 0.3) is 0 Å². The number of hydrogen-bond acceptors (Lipinski definition) is 17. The van der Waals surface area contributed by atoms with Crippen LogP contribution in [0.25, 0.3) is 6.08 Å². The van der Waals surface area contributed by atoms with Crippen molar-refractivity contribution in [3.63, 3.8) is 0 Å². The lowest BCUT2D eigenvalue weighted by molar-refractivity contribution is -0.146. The minimum Gasteiger partial charge on any atom is -0.497 e. The molecule has 2 heterocycles. The number of nitriles is 3. The van der Waals surface area contributed by atoms with Crippen LogP contribution in [0.3, 0.4) is 0 Å². The number of aliphatic hydroxyl groups is 1. The van der Waals surface area contributed by atoms with Gasteiger partial charge < -0.3 is 38.3 Å². The molecule has 0 aliphatic carbocycles. The predicted octanol–water partition coefficient (Wildman–Crippen LogP) is 9.58. The van der Waals surface area contributed by atoms with Crippen LogP contribution in [0.5, 0.6) is 5.75 Å². The summed E-state index contributed by atoms with van der Waals surface area (Å²) in [5, 5.41) is 40.5. The highest BCUT2D eigenvalue weighted by atomic mass is 32.2. The van der Waals surface area contributed by atoms with E-state index in [1.807, 2.05) is 18.2 Å². The molecule has 7 rings (SSSR count). The maximum absolute atomic E-state index is 15.7. The highest BCUT2D eigenvalue weighted by Gasteiger charge is 2.47. The van der Waals surface area contributed by atoms with Crippen molar-refractivity contribution in [1.82, 2.24) is 14.8 Å². The number of carbonyl (C=O) groups is 3. The Balaban J connectivity index is 0.000000297. The standard InChI is InChI=1S/C36H30F3N5O5S.C21H19NO6/c1-23(50-29-18-47-34(48-19-29)5-3-2-4-26-8-6-25(16-41)13-32(26)38)36(20-44-22-42-21-43-44,31-11-10-28(37)14-33(31)39)49-35(46)30-12-24(15-40)7-9-27(30)17-45;1-3-10-26-21(24)28-14-17-7-4-16(12-22)11-19(17)20(23)27-13-15-5-8-18(25-2)9-6-15/h2-14,21-23,29,34,45H,17-20H2,1H3;3-9,11H,1,10,13-14H2,2H3/b4-2+,5-3+;/t23-,29?,34?,36-;/m1./s1. The van der Waals surface area contributed by atoms with Crippen molar-refractivity contribution in [2.24, 2.45) is 0 Å². The molecule has 1 fully saturated rings. The summed E-state index contributed by atoms with van der Waals surface area (Å²) in [7, 11) is 1.56. The summed E-state index contributed by atoms with van der Waals surface area (Å²) >= 11 is 1.29. The number of nitrogens with zero attached hydrogens (tertiary/aromatic N) is 6. The molecule has 1 aliphatic rings. The van der Waals surface area contributed by atoms with Crippen molar-refractivity contribution in [2.45, 2.75) is 55.7 Å². The molecule has 0 unspecified atom stereocenters. The number of esters is 2. The van der Waals surface area contributed by atoms with Crippen molar-refractivity contribution in [3.05, 3.63) is 214 Å². The fraction of sp³-hybridized carbons (Fsp3) is 0.228. The molecule has 0 amide bonds. The molecule has 0 saturated carbocycles. The minimum atomic E-state index is -1.83. The first-order valence-corrected chi connectivity index (χ1v) is 24.5. The van der Waals surface area contributed by atoms with Crippen LogP contribution in [0.15, 0.2) is 141 Å². The van der Waals surface area contributed by atoms with Crippen LogP contribution in [0.2, 0.25) is 0 Å². The van der Waals surface area contributed by atoms with Crippen LogP contribution < -0.4 is 4.74 Å². The summed E-state index contributed by atoms with van der Waals surface area (Å²) in [5.74, 6) is -3.21. The lowest BCUT2D eigenvalue weighted by Crippen LogP contribution is -2.47. The number of thioether (sulfide) groups is 1. The fourth-order valence-corrected chi connectivity index (χ4v) is 8.90. The third-order valence-electron chi connectivity index (χ3n) is 11.5. The summed E-state index contributed by atoms with van der Waals surface area (Å²) < 4.78 is 83.5. The molecule has 1 aromatic heterocycles. The van der Waals surface area contributed by atoms with E-state index in [1.54, 1.807) is 62.6 Å². The van der Waals surface area contributed by atoms with Gasteiger partial charge in [-0.05, 0) is 84.8 Å². The Morgan fingerprint density at radius 2 is 1.50 bits per heavy atom. The first kappa shape index (κ1) is 58.2. The Kier molecular flexibility index (Phi) is 21.5. The molecule has 17 nitrogen and oxygen atoms in total. The molecule has 2 atom stereocenters. The smallest absolute Gasteiger partial charge is 0.497 e. The van der Waals surface area contributed by atoms with Crippen LogP contribution in [0.1, 0.15) is 72.1 Å². The Bertz CT molecular complexity index is 3260. The van der Waals surface area contributed by atoms with E-state index in [4.69, 9.17) is 43.7 Å². The van der Waals surface area contributed by atoms with E-state index < -0.39 is 59.3 Å². The number of carbonyl (C=O) groups excluding carboxylic acids is 3. The van der Waals surface area contributed by atoms with E-state index in [0.29, 0.717) is 22.9 Å². The van der Waals surface area contributed by atoms with Gasteiger partial charge in [0.1, 0.15) is 55.7 Å². The lowest BCUT2D eigenvalue weighted by Gasteiger charge is -2.40. The molecule has 78 heavy (non-hydrogen) atoms. The van der Waals surface area contributed by atoms with Crippen LogP contribution in [0, 0.1) is 51.4 Å². The highest BCUT2D eigenvalue weighted by Crippen LogP contribution is 2.43. The molecular weight excluding hydrogens is 1030 g/mol. The molecule has 1 aliphatic heterocycles. The van der Waals surface area contributed by atoms with Crippen molar-refractivity contribution in [3.8, 4) is 24.0 Å². The number of ether oxygens (including phenoxy) is 7. The zero-order chi connectivity index (χ0) is 56.0. The molecule has 5 aromatic carbocycles. The van der Waals surface area contributed by atoms with Crippen molar-refractivity contribution < 1.29 is 65.8 Å². The number of methoxy groups -OCH3 is 1. The van der Waals surface area contributed by atoms with E-state index in [-0.39, 0.29) is 83.8 Å². The number of hydrogen-bond donors (Lipinski definition) is 1. The molecule has 1 saturated heterocycles. The molecule has 21 heteroatoms. The second-order valence-corrected chi connectivity index (χ2v) is 18.4. The number of rotatable bonds is 20. The first-order chi connectivity index (χ1) is 37.7. The highest BCUT2D eigenvalue weighted by molar-refractivity contribution is 8.00. The number of benzene rings is 5. The number of aliphatic hydroxyl groups excluding tert-OH is 1. The average molecular weight is 1080 g/mol. The first-order valence-electron chi connectivity index (χ1n) is 23.5. The van der Waals surface area contributed by atoms with E-state index in [1.165, 1.54) is 89.8 Å². The predicted molar refractivity (Wildman–Crippen MR) is 276 cm³/mol. The van der Waals surface area contributed by atoms with Crippen LogP contribution in [-0.2, 0) is 60.4 Å². The minimum absolute atomic E-state index is 0.0168. The Labute approximate surface area is 450 Å². The third kappa shape index (κ3) is 16.0. The van der Waals surface area contributed by atoms with Gasteiger partial charge in [0.15, 0.2) is 11.9 Å². The number of halogens is 3. The van der Waals surface area contributed by atoms with Gasteiger partial charge in [-0.15, -0.1) is 11.8 Å². The normalized spacial score (nSPS) is 15.0. The van der Waals surface area contributed by atoms with Gasteiger partial charge in [0.05, 0.1) is 84.8 Å². The van der Waals surface area contributed by atoms with Gasteiger partial charge in [-0.3, -0.25) is 0 Å². The Morgan fingerprint density at radius 3 is 2.12 bits per heavy atom. The van der Waals surface area contributed by atoms with Crippen LogP contribution in [-0.4, -0.2) is 81.7 Å². The van der Waals surface area contributed by atoms with E-state index in [2.05, 4.69) is 16.7 Å². The molecule has 6 aromatic rings. The van der Waals surface area contributed by atoms with E-state index >= 15 is 4.39 Å². The second kappa shape index (κ2) is 28.7. The molecule has 0 radical (unpaired) electrons. The number of aromatic nitrogens is 3. The molecular formula is C57H49F3N6O11S. The summed E-state index contributed by atoms with van der Waals surface area (Å²) in [6, 6.07) is 28.6. The van der Waals surface area contributed by atoms with Crippen molar-refractivity contribution >= 4 is 35.9 Å². The van der Waals surface area contributed by atoms with Gasteiger partial charge in [0, 0.05) is 28.0 Å². The number of allylic oxidation sites excluding steroid dienone is 2. The molecule has 0 spiro atoms. The molecule has 1 N–H and O–H groups in total. The van der Waals surface area contributed by atoms with Gasteiger partial charge in [-0.25, -0.2) is 37.2 Å². The summed E-state index contributed by atoms with van der Waals surface area (Å²) in [5.41, 5.74) is 0.408. The topological polar surface area (TPSA) is 238 Å². The second-order valence-electron chi connectivity index (χ2n) is 16.7. The summed E-state index contributed by atoms with van der Waals surface area (Å²) in [6.45, 7) is 4.63. The maximum Gasteiger partial charge on any atom is 0.508 e. The monoisotopic (exact) mass is 1080 g/mol. The van der Waals surface area contributed by atoms with Gasteiger partial charge in [-0.2, -0.15) is 20.9 Å². The zero-order valence-corrected chi connectivity index (χ0v) is 42.7. The summed E-state index contributed by atoms with van der Waals surface area (Å²) in [4.78, 5) is 41.8. The van der Waals surface area contributed by atoms with Crippen LogP contribution >= 0.6 is 11.8 Å². The van der Waals surface area contributed by atoms with Crippen molar-refractivity contribution in [1.29, 1.82) is 15.8 Å². The quantitative estimate of drug-likeness (QED) is 0.0324. The largest absolute Gasteiger partial charge is 0.508 e. The van der Waals surface area contributed by atoms with Crippen LogP contribution in [0.4, 0.5) is 18.0 Å². The SMILES string of the molecule is C=CCOC(=O)OCc1ccc(C#N)cc1C(=O)OCc1ccc(OC)cc1.C[C@@H](SC1COC(/C=C/C=C/c2ccc(C#N)cc2F)OC1)[C@@](Cn1cncn1)(OC(=O)c1cc(C#N)ccc1CO)c1ccc(F)cc1F. The Hall–Kier alpha value is -9.04. The van der Waals surface area contributed by atoms with Gasteiger partial charge in [-0.1, -0.05) is 61.2 Å². The lowest BCUT2D eigenvalue weighted by atomic mass is 9.89. The summed E-state index contributed by atoms with van der Waals surface area (Å²) in [6.07, 6.45) is 8.87. The molecule has 0 bridgehead atoms. The molecule has 400 valence electrons.